The quantitative estimate of drug-likeness (QED) is 0.124. The number of sulfonamides is 1. The maximum Gasteiger partial charge on any atom is 0.408 e. The second kappa shape index (κ2) is 18.3. The average molecular weight is 706 g/mol. The van der Waals surface area contributed by atoms with Crippen LogP contribution in [0, 0.1) is 20.8 Å². The molecule has 0 bridgehead atoms. The van der Waals surface area contributed by atoms with Gasteiger partial charge in [0.1, 0.15) is 36.6 Å². The van der Waals surface area contributed by atoms with E-state index < -0.39 is 64.7 Å². The fraction of sp³-hybridized carbons (Fsp3) is 0.471. The number of benzene rings is 2. The second-order valence-electron chi connectivity index (χ2n) is 12.1. The van der Waals surface area contributed by atoms with Gasteiger partial charge in [-0.1, -0.05) is 36.9 Å². The van der Waals surface area contributed by atoms with E-state index in [1.54, 1.807) is 71.9 Å². The maximum atomic E-state index is 13.2. The predicted molar refractivity (Wildman–Crippen MR) is 180 cm³/mol. The van der Waals surface area contributed by atoms with Crippen LogP contribution in [0.25, 0.3) is 0 Å². The molecule has 2 aromatic carbocycles. The highest BCUT2D eigenvalue weighted by Crippen LogP contribution is 2.30. The molecule has 2 rings (SSSR count). The largest absolute Gasteiger partial charge is 0.496 e. The highest BCUT2D eigenvalue weighted by Gasteiger charge is 2.30. The number of rotatable bonds is 17. The van der Waals surface area contributed by atoms with Crippen molar-refractivity contribution in [1.82, 2.24) is 15.4 Å². The first-order valence-electron chi connectivity index (χ1n) is 15.4. The Morgan fingerprint density at radius 2 is 1.51 bits per heavy atom. The van der Waals surface area contributed by atoms with Crippen molar-refractivity contribution in [3.05, 3.63) is 70.8 Å². The molecule has 0 aliphatic carbocycles. The van der Waals surface area contributed by atoms with Crippen molar-refractivity contribution >= 4 is 34.0 Å². The van der Waals surface area contributed by atoms with Crippen molar-refractivity contribution in [2.24, 2.45) is 0 Å². The lowest BCUT2D eigenvalue weighted by atomic mass is 10.1. The topological polar surface area (TPSA) is 185 Å². The standard InChI is InChI=1S/C34H47N3O11S/c1-10-15-46-29(38)17-26(37-33(41)48-34(5,6)7)32(40)47-20-27(31(39)45-9)35-18-24-11-13-25(14-12-24)19-36-49(42,43)30-21(2)16-28(44-8)22(3)23(30)4/h10-14,16,26-27,35-36H,1,15,17-20H2,2-9H3,(H,37,41)/t26?,27-/m0/s1. The number of aryl methyl sites for hydroxylation is 1. The Hall–Kier alpha value is -4.47. The van der Waals surface area contributed by atoms with Crippen LogP contribution in [0.2, 0.25) is 0 Å². The van der Waals surface area contributed by atoms with Crippen LogP contribution < -0.4 is 20.1 Å². The molecule has 270 valence electrons. The molecule has 0 aromatic heterocycles. The van der Waals surface area contributed by atoms with E-state index in [9.17, 15) is 27.6 Å². The van der Waals surface area contributed by atoms with Crippen LogP contribution in [0.1, 0.15) is 55.0 Å². The Kier molecular flexibility index (Phi) is 15.2. The molecule has 0 aliphatic rings. The summed E-state index contributed by atoms with van der Waals surface area (Å²) in [4.78, 5) is 50.1. The Morgan fingerprint density at radius 3 is 2.06 bits per heavy atom. The van der Waals surface area contributed by atoms with Crippen molar-refractivity contribution < 1.29 is 51.3 Å². The van der Waals surface area contributed by atoms with E-state index in [2.05, 4.69) is 21.9 Å². The van der Waals surface area contributed by atoms with E-state index >= 15 is 0 Å². The van der Waals surface area contributed by atoms with Crippen molar-refractivity contribution in [2.75, 3.05) is 27.4 Å². The van der Waals surface area contributed by atoms with Gasteiger partial charge in [-0.25, -0.2) is 22.7 Å². The van der Waals surface area contributed by atoms with Gasteiger partial charge in [0.05, 0.1) is 25.5 Å². The minimum Gasteiger partial charge on any atom is -0.496 e. The van der Waals surface area contributed by atoms with Gasteiger partial charge in [-0.15, -0.1) is 0 Å². The minimum atomic E-state index is -3.83. The lowest BCUT2D eigenvalue weighted by Gasteiger charge is -2.23. The van der Waals surface area contributed by atoms with E-state index in [1.807, 2.05) is 0 Å². The fourth-order valence-electron chi connectivity index (χ4n) is 4.55. The Bertz CT molecular complexity index is 1600. The molecule has 0 saturated heterocycles. The summed E-state index contributed by atoms with van der Waals surface area (Å²) in [5, 5.41) is 5.26. The zero-order valence-electron chi connectivity index (χ0n) is 29.3. The lowest BCUT2D eigenvalue weighted by Crippen LogP contribution is -2.47. The van der Waals surface area contributed by atoms with Crippen LogP contribution in [-0.2, 0) is 56.4 Å². The zero-order chi connectivity index (χ0) is 36.9. The summed E-state index contributed by atoms with van der Waals surface area (Å²) in [7, 11) is -1.12. The monoisotopic (exact) mass is 705 g/mol. The van der Waals surface area contributed by atoms with Crippen LogP contribution in [-0.4, -0.2) is 77.5 Å². The van der Waals surface area contributed by atoms with Gasteiger partial charge in [-0.2, -0.15) is 0 Å². The Balaban J connectivity index is 2.05. The van der Waals surface area contributed by atoms with Gasteiger partial charge in [-0.3, -0.25) is 14.9 Å². The Labute approximate surface area is 287 Å². The molecule has 0 heterocycles. The van der Waals surface area contributed by atoms with Crippen LogP contribution in [0.15, 0.2) is 47.9 Å². The third kappa shape index (κ3) is 12.8. The molecule has 0 saturated carbocycles. The SMILES string of the molecule is C=CCOC(=O)CC(NC(=O)OC(C)(C)C)C(=O)OC[C@H](NCc1ccc(CNS(=O)(=O)c2c(C)cc(OC)c(C)c2C)cc1)C(=O)OC. The molecule has 15 heteroatoms. The average Bonchev–Trinajstić information content (AvgIpc) is 3.03. The van der Waals surface area contributed by atoms with E-state index in [0.717, 1.165) is 11.1 Å². The number of alkyl carbamates (subject to hydrolysis) is 1. The molecule has 0 fully saturated rings. The van der Waals surface area contributed by atoms with Crippen LogP contribution in [0.5, 0.6) is 5.75 Å². The molecular weight excluding hydrogens is 658 g/mol. The Morgan fingerprint density at radius 1 is 0.898 bits per heavy atom. The molecule has 0 aliphatic heterocycles. The van der Waals surface area contributed by atoms with Crippen molar-refractivity contribution in [2.45, 2.75) is 83.6 Å². The minimum absolute atomic E-state index is 0.0420. The number of hydrogen-bond acceptors (Lipinski definition) is 12. The highest BCUT2D eigenvalue weighted by molar-refractivity contribution is 7.89. The van der Waals surface area contributed by atoms with Gasteiger partial charge >= 0.3 is 24.0 Å². The van der Waals surface area contributed by atoms with Gasteiger partial charge in [0.25, 0.3) is 0 Å². The molecule has 1 unspecified atom stereocenters. The third-order valence-corrected chi connectivity index (χ3v) is 8.79. The predicted octanol–water partition coefficient (Wildman–Crippen LogP) is 3.29. The normalized spacial score (nSPS) is 12.7. The molecule has 0 radical (unpaired) electrons. The van der Waals surface area contributed by atoms with Gasteiger partial charge in [-0.05, 0) is 75.4 Å². The number of hydrogen-bond donors (Lipinski definition) is 3. The smallest absolute Gasteiger partial charge is 0.408 e. The molecule has 0 spiro atoms. The number of amides is 1. The van der Waals surface area contributed by atoms with Crippen LogP contribution in [0.3, 0.4) is 0 Å². The number of carbonyl (C=O) groups excluding carboxylic acids is 4. The third-order valence-electron chi connectivity index (χ3n) is 7.10. The molecule has 1 amide bonds. The molecule has 3 N–H and O–H groups in total. The molecule has 14 nitrogen and oxygen atoms in total. The molecule has 2 aromatic rings. The first-order chi connectivity index (χ1) is 22.9. The number of ether oxygens (including phenoxy) is 5. The van der Waals surface area contributed by atoms with Crippen molar-refractivity contribution in [3.8, 4) is 5.75 Å². The number of methoxy groups -OCH3 is 2. The maximum absolute atomic E-state index is 13.2. The number of nitrogens with one attached hydrogen (secondary N) is 3. The van der Waals surface area contributed by atoms with E-state index in [0.29, 0.717) is 22.4 Å². The highest BCUT2D eigenvalue weighted by atomic mass is 32.2. The van der Waals surface area contributed by atoms with Gasteiger partial charge in [0, 0.05) is 13.1 Å². The summed E-state index contributed by atoms with van der Waals surface area (Å²) in [6.07, 6.45) is -0.157. The molecule has 49 heavy (non-hydrogen) atoms. The van der Waals surface area contributed by atoms with E-state index in [4.69, 9.17) is 23.7 Å². The lowest BCUT2D eigenvalue weighted by molar-refractivity contribution is -0.155. The summed E-state index contributed by atoms with van der Waals surface area (Å²) in [6, 6.07) is 6.11. The summed E-state index contributed by atoms with van der Waals surface area (Å²) in [5.41, 5.74) is 2.48. The summed E-state index contributed by atoms with van der Waals surface area (Å²) in [5.74, 6) is -1.90. The first-order valence-corrected chi connectivity index (χ1v) is 16.9. The number of esters is 3. The number of carbonyl (C=O) groups is 4. The molecule has 2 atom stereocenters. The van der Waals surface area contributed by atoms with Crippen LogP contribution >= 0.6 is 0 Å². The molecular formula is C34H47N3O11S. The first kappa shape index (κ1) is 40.7. The van der Waals surface area contributed by atoms with Crippen molar-refractivity contribution in [1.29, 1.82) is 0 Å². The van der Waals surface area contributed by atoms with E-state index in [1.165, 1.54) is 20.3 Å². The van der Waals surface area contributed by atoms with Gasteiger partial charge < -0.3 is 29.0 Å². The fourth-order valence-corrected chi connectivity index (χ4v) is 6.09. The summed E-state index contributed by atoms with van der Waals surface area (Å²) >= 11 is 0. The van der Waals surface area contributed by atoms with Crippen molar-refractivity contribution in [3.63, 3.8) is 0 Å². The zero-order valence-corrected chi connectivity index (χ0v) is 30.1. The summed E-state index contributed by atoms with van der Waals surface area (Å²) < 4.78 is 54.6. The van der Waals surface area contributed by atoms with E-state index in [-0.39, 0.29) is 24.6 Å². The van der Waals surface area contributed by atoms with Gasteiger partial charge in [0.15, 0.2) is 0 Å². The second-order valence-corrected chi connectivity index (χ2v) is 13.8. The summed E-state index contributed by atoms with van der Waals surface area (Å²) in [6.45, 7) is 13.2. The van der Waals surface area contributed by atoms with Gasteiger partial charge in [0.2, 0.25) is 10.0 Å². The van der Waals surface area contributed by atoms with Crippen LogP contribution in [0.4, 0.5) is 4.79 Å².